The van der Waals surface area contributed by atoms with Crippen LogP contribution in [0.15, 0.2) is 57.9 Å². The van der Waals surface area contributed by atoms with Crippen LogP contribution < -0.4 is 15.1 Å². The molecule has 0 bridgehead atoms. The van der Waals surface area contributed by atoms with E-state index >= 15 is 0 Å². The number of pyridine rings is 1. The molecule has 2 aromatic carbocycles. The molecule has 1 amide bonds. The second-order valence-corrected chi connectivity index (χ2v) is 8.54. The van der Waals surface area contributed by atoms with Crippen LogP contribution >= 0.6 is 0 Å². The Bertz CT molecular complexity index is 1500. The number of ether oxygens (including phenoxy) is 1. The molecule has 0 saturated heterocycles. The summed E-state index contributed by atoms with van der Waals surface area (Å²) in [6, 6.07) is 11.2. The van der Waals surface area contributed by atoms with Crippen molar-refractivity contribution in [1.29, 1.82) is 0 Å². The number of amides is 1. The number of anilines is 1. The molecule has 34 heavy (non-hydrogen) atoms. The van der Waals surface area contributed by atoms with Crippen molar-refractivity contribution >= 4 is 22.7 Å². The van der Waals surface area contributed by atoms with Gasteiger partial charge < -0.3 is 14.3 Å². The largest absolute Gasteiger partial charge is 0.504 e. The van der Waals surface area contributed by atoms with Gasteiger partial charge in [0.15, 0.2) is 16.9 Å². The number of carbonyl (C=O) groups is 1. The Morgan fingerprint density at radius 2 is 1.82 bits per heavy atom. The maximum Gasteiger partial charge on any atom is 0.296 e. The normalized spacial score (nSPS) is 15.1. The predicted molar refractivity (Wildman–Crippen MR) is 129 cm³/mol. The molecular weight excluding hydrogens is 432 g/mol. The van der Waals surface area contributed by atoms with Gasteiger partial charge in [-0.2, -0.15) is 0 Å². The average molecular weight is 456 g/mol. The predicted octanol–water partition coefficient (Wildman–Crippen LogP) is 4.97. The van der Waals surface area contributed by atoms with Crippen molar-refractivity contribution in [2.75, 3.05) is 11.5 Å². The molecule has 1 aliphatic rings. The van der Waals surface area contributed by atoms with E-state index < -0.39 is 11.9 Å². The van der Waals surface area contributed by atoms with Crippen LogP contribution in [0, 0.1) is 20.8 Å². The number of aryl methyl sites for hydroxylation is 3. The lowest BCUT2D eigenvalue weighted by molar-refractivity contribution is 0.0970. The second-order valence-electron chi connectivity index (χ2n) is 8.54. The van der Waals surface area contributed by atoms with Crippen LogP contribution in [-0.4, -0.2) is 22.6 Å². The van der Waals surface area contributed by atoms with Gasteiger partial charge in [-0.1, -0.05) is 12.1 Å². The Hall–Kier alpha value is -4.13. The molecule has 7 nitrogen and oxygen atoms in total. The second kappa shape index (κ2) is 8.02. The fraction of sp³-hybridized carbons (Fsp3) is 0.222. The van der Waals surface area contributed by atoms with Gasteiger partial charge in [0.1, 0.15) is 11.4 Å². The summed E-state index contributed by atoms with van der Waals surface area (Å²) in [4.78, 5) is 33.4. The highest BCUT2D eigenvalue weighted by Gasteiger charge is 2.44. The Labute approximate surface area is 196 Å². The number of hydrogen-bond acceptors (Lipinski definition) is 6. The number of phenolic OH excluding ortho intramolecular Hbond substituents is 1. The molecule has 172 valence electrons. The minimum atomic E-state index is -0.792. The molecule has 0 aliphatic carbocycles. The third-order valence-electron chi connectivity index (χ3n) is 6.23. The summed E-state index contributed by atoms with van der Waals surface area (Å²) in [5, 5.41) is 10.6. The van der Waals surface area contributed by atoms with Crippen molar-refractivity contribution in [1.82, 2.24) is 4.98 Å². The highest BCUT2D eigenvalue weighted by molar-refractivity contribution is 6.10. The SMILES string of the molecule is CCOc1cc(C2c3c(oc4cc(C)c(C)cc4c3=O)C(=O)N2c2ccc(C)cn2)ccc1O. The Morgan fingerprint density at radius 1 is 1.06 bits per heavy atom. The summed E-state index contributed by atoms with van der Waals surface area (Å²) < 4.78 is 11.6. The summed E-state index contributed by atoms with van der Waals surface area (Å²) in [5.74, 6) is 0.203. The van der Waals surface area contributed by atoms with Crippen molar-refractivity contribution in [2.45, 2.75) is 33.7 Å². The Morgan fingerprint density at radius 3 is 2.53 bits per heavy atom. The molecule has 2 aromatic heterocycles. The fourth-order valence-corrected chi connectivity index (χ4v) is 4.35. The first-order valence-electron chi connectivity index (χ1n) is 11.1. The Kier molecular flexibility index (Phi) is 5.12. The van der Waals surface area contributed by atoms with Crippen molar-refractivity contribution in [3.63, 3.8) is 0 Å². The van der Waals surface area contributed by atoms with Gasteiger partial charge in [0, 0.05) is 6.20 Å². The van der Waals surface area contributed by atoms with E-state index in [1.165, 1.54) is 11.0 Å². The lowest BCUT2D eigenvalue weighted by Crippen LogP contribution is -2.30. The number of benzene rings is 2. The maximum absolute atomic E-state index is 13.8. The number of nitrogens with zero attached hydrogens (tertiary/aromatic N) is 2. The summed E-state index contributed by atoms with van der Waals surface area (Å²) in [7, 11) is 0. The minimum absolute atomic E-state index is 0.000775. The standard InChI is InChI=1S/C27H24N2O5/c1-5-33-21-12-17(7-8-19(21)30)24-23-25(31)18-10-15(3)16(4)11-20(18)34-26(23)27(32)29(24)22-9-6-14(2)13-28-22/h6-13,24,30H,5H2,1-4H3. The van der Waals surface area contributed by atoms with Crippen molar-refractivity contribution in [2.24, 2.45) is 0 Å². The average Bonchev–Trinajstić information content (AvgIpc) is 3.10. The van der Waals surface area contributed by atoms with Crippen LogP contribution in [0.4, 0.5) is 5.82 Å². The van der Waals surface area contributed by atoms with Gasteiger partial charge in [0.2, 0.25) is 5.76 Å². The first-order chi connectivity index (χ1) is 16.3. The molecule has 0 saturated carbocycles. The van der Waals surface area contributed by atoms with Gasteiger partial charge in [-0.25, -0.2) is 4.98 Å². The smallest absolute Gasteiger partial charge is 0.296 e. The van der Waals surface area contributed by atoms with Gasteiger partial charge in [-0.3, -0.25) is 14.5 Å². The van der Waals surface area contributed by atoms with Crippen LogP contribution in [0.2, 0.25) is 0 Å². The van der Waals surface area contributed by atoms with Crippen LogP contribution in [0.3, 0.4) is 0 Å². The number of fused-ring (bicyclic) bond motifs is 2. The van der Waals surface area contributed by atoms with Gasteiger partial charge in [-0.05, 0) is 80.3 Å². The zero-order valence-electron chi connectivity index (χ0n) is 19.4. The first kappa shape index (κ1) is 21.7. The molecule has 4 aromatic rings. The Balaban J connectivity index is 1.81. The van der Waals surface area contributed by atoms with E-state index in [1.807, 2.05) is 33.8 Å². The molecule has 0 spiro atoms. The molecule has 1 atom stereocenters. The highest BCUT2D eigenvalue weighted by atomic mass is 16.5. The lowest BCUT2D eigenvalue weighted by Gasteiger charge is -2.24. The molecular formula is C27H24N2O5. The molecule has 5 rings (SSSR count). The third kappa shape index (κ3) is 3.32. The minimum Gasteiger partial charge on any atom is -0.504 e. The number of carbonyl (C=O) groups excluding carboxylic acids is 1. The topological polar surface area (TPSA) is 92.9 Å². The molecule has 7 heteroatoms. The molecule has 3 heterocycles. The number of hydrogen-bond donors (Lipinski definition) is 1. The van der Waals surface area contributed by atoms with Crippen molar-refractivity contribution < 1.29 is 19.1 Å². The van der Waals surface area contributed by atoms with E-state index in [-0.39, 0.29) is 28.3 Å². The van der Waals surface area contributed by atoms with E-state index in [4.69, 9.17) is 9.15 Å². The van der Waals surface area contributed by atoms with Crippen LogP contribution in [0.1, 0.15) is 51.3 Å². The summed E-state index contributed by atoms with van der Waals surface area (Å²) in [6.45, 7) is 7.94. The number of rotatable bonds is 4. The van der Waals surface area contributed by atoms with Gasteiger partial charge in [-0.15, -0.1) is 0 Å². The van der Waals surface area contributed by atoms with E-state index in [0.29, 0.717) is 29.0 Å². The van der Waals surface area contributed by atoms with E-state index in [1.54, 1.807) is 36.5 Å². The highest BCUT2D eigenvalue weighted by Crippen LogP contribution is 2.42. The van der Waals surface area contributed by atoms with Gasteiger partial charge in [0.05, 0.1) is 23.6 Å². The summed E-state index contributed by atoms with van der Waals surface area (Å²) >= 11 is 0. The van der Waals surface area contributed by atoms with E-state index in [2.05, 4.69) is 4.98 Å². The molecule has 1 aliphatic heterocycles. The van der Waals surface area contributed by atoms with Crippen LogP contribution in [0.25, 0.3) is 11.0 Å². The number of phenols is 1. The fourth-order valence-electron chi connectivity index (χ4n) is 4.35. The monoisotopic (exact) mass is 456 g/mol. The zero-order valence-corrected chi connectivity index (χ0v) is 19.4. The molecule has 1 N–H and O–H groups in total. The maximum atomic E-state index is 13.8. The van der Waals surface area contributed by atoms with E-state index in [9.17, 15) is 14.7 Å². The van der Waals surface area contributed by atoms with Crippen LogP contribution in [0.5, 0.6) is 11.5 Å². The molecule has 0 fully saturated rings. The number of aromatic nitrogens is 1. The van der Waals surface area contributed by atoms with E-state index in [0.717, 1.165) is 16.7 Å². The molecule has 0 radical (unpaired) electrons. The quantitative estimate of drug-likeness (QED) is 0.466. The first-order valence-corrected chi connectivity index (χ1v) is 11.1. The number of aromatic hydroxyl groups is 1. The van der Waals surface area contributed by atoms with Gasteiger partial charge in [0.25, 0.3) is 5.91 Å². The third-order valence-corrected chi connectivity index (χ3v) is 6.23. The molecule has 1 unspecified atom stereocenters. The summed E-state index contributed by atoms with van der Waals surface area (Å²) in [5.41, 5.74) is 3.83. The van der Waals surface area contributed by atoms with Crippen molar-refractivity contribution in [3.8, 4) is 11.5 Å². The lowest BCUT2D eigenvalue weighted by atomic mass is 9.97. The van der Waals surface area contributed by atoms with Crippen molar-refractivity contribution in [3.05, 3.63) is 92.5 Å². The zero-order chi connectivity index (χ0) is 24.1. The summed E-state index contributed by atoms with van der Waals surface area (Å²) in [6.07, 6.45) is 1.67. The van der Waals surface area contributed by atoms with Crippen LogP contribution in [-0.2, 0) is 0 Å². The van der Waals surface area contributed by atoms with Gasteiger partial charge >= 0.3 is 0 Å².